The molecule has 0 aliphatic carbocycles. The van der Waals surface area contributed by atoms with Gasteiger partial charge in [0.25, 0.3) is 0 Å². The molecule has 6 heteroatoms. The first-order valence-electron chi connectivity index (χ1n) is 7.80. The zero-order valence-electron chi connectivity index (χ0n) is 14.4. The van der Waals surface area contributed by atoms with E-state index in [0.29, 0.717) is 5.92 Å². The van der Waals surface area contributed by atoms with Gasteiger partial charge < -0.3 is 0 Å². The van der Waals surface area contributed by atoms with Crippen molar-refractivity contribution in [1.29, 1.82) is 0 Å². The van der Waals surface area contributed by atoms with Gasteiger partial charge in [-0.05, 0) is 74.4 Å². The first-order valence-corrected chi connectivity index (χ1v) is 10.4. The van der Waals surface area contributed by atoms with Crippen molar-refractivity contribution >= 4 is 47.1 Å². The summed E-state index contributed by atoms with van der Waals surface area (Å²) in [5.74, 6) is 0.435. The highest BCUT2D eigenvalue weighted by Gasteiger charge is 2.16. The quantitative estimate of drug-likeness (QED) is 0.449. The fourth-order valence-corrected chi connectivity index (χ4v) is 5.07. The normalized spacial score (nSPS) is 11.4. The molecule has 0 amide bonds. The Balaban J connectivity index is 2.40. The number of aromatic nitrogens is 2. The summed E-state index contributed by atoms with van der Waals surface area (Å²) in [6.07, 6.45) is 0. The van der Waals surface area contributed by atoms with Crippen LogP contribution in [-0.2, 0) is 0 Å². The Bertz CT molecular complexity index is 939. The van der Waals surface area contributed by atoms with E-state index in [1.165, 1.54) is 22.5 Å². The molecule has 0 fully saturated rings. The zero-order chi connectivity index (χ0) is 17.6. The molecule has 1 aromatic carbocycles. The highest BCUT2D eigenvalue weighted by Crippen LogP contribution is 2.31. The fraction of sp³-hybridized carbons (Fsp3) is 0.333. The molecule has 0 N–H and O–H groups in total. The van der Waals surface area contributed by atoms with Gasteiger partial charge in [-0.2, -0.15) is 0 Å². The predicted octanol–water partition coefficient (Wildman–Crippen LogP) is 6.90. The van der Waals surface area contributed by atoms with Crippen LogP contribution < -0.4 is 0 Å². The fourth-order valence-electron chi connectivity index (χ4n) is 2.85. The Morgan fingerprint density at radius 1 is 0.833 bits per heavy atom. The van der Waals surface area contributed by atoms with Gasteiger partial charge in [0.05, 0.1) is 11.4 Å². The summed E-state index contributed by atoms with van der Waals surface area (Å²) in [7, 11) is 0. The van der Waals surface area contributed by atoms with Crippen LogP contribution in [0.1, 0.15) is 42.3 Å². The van der Waals surface area contributed by atoms with E-state index in [4.69, 9.17) is 24.4 Å². The molecular weight excluding hydrogens is 372 g/mol. The van der Waals surface area contributed by atoms with Gasteiger partial charge in [-0.25, -0.2) is 0 Å². The van der Waals surface area contributed by atoms with E-state index < -0.39 is 0 Å². The predicted molar refractivity (Wildman–Crippen MR) is 111 cm³/mol. The molecule has 0 aliphatic rings. The Morgan fingerprint density at radius 3 is 1.54 bits per heavy atom. The van der Waals surface area contributed by atoms with E-state index in [2.05, 4.69) is 66.6 Å². The number of benzene rings is 1. The molecule has 0 spiro atoms. The maximum Gasteiger partial charge on any atom is 0.165 e. The van der Waals surface area contributed by atoms with Crippen molar-refractivity contribution in [1.82, 2.24) is 9.13 Å². The maximum absolute atomic E-state index is 5.57. The van der Waals surface area contributed by atoms with Crippen LogP contribution in [0, 0.1) is 28.7 Å². The molecule has 126 valence electrons. The standard InChI is InChI=1S/C18H20N2S4/c1-10(2)14-6-15(19-11(3)8-23-17(19)21)13(5)16(7-14)20-12(4)9-24-18(20)22/h6-10H,1-5H3. The smallest absolute Gasteiger partial charge is 0.165 e. The van der Waals surface area contributed by atoms with Crippen molar-refractivity contribution in [2.45, 2.75) is 40.5 Å². The van der Waals surface area contributed by atoms with E-state index in [0.717, 1.165) is 19.3 Å². The number of hydrogen-bond donors (Lipinski definition) is 0. The summed E-state index contributed by atoms with van der Waals surface area (Å²) in [4.78, 5) is 0. The van der Waals surface area contributed by atoms with Gasteiger partial charge in [0.1, 0.15) is 0 Å². The second-order valence-corrected chi connectivity index (χ2v) is 9.30. The van der Waals surface area contributed by atoms with Crippen LogP contribution in [0.4, 0.5) is 0 Å². The molecule has 0 atom stereocenters. The van der Waals surface area contributed by atoms with E-state index in [1.54, 1.807) is 22.7 Å². The van der Waals surface area contributed by atoms with Crippen molar-refractivity contribution in [3.63, 3.8) is 0 Å². The van der Waals surface area contributed by atoms with Gasteiger partial charge >= 0.3 is 0 Å². The number of thiazole rings is 2. The second kappa shape index (κ2) is 6.67. The summed E-state index contributed by atoms with van der Waals surface area (Å²) < 4.78 is 6.12. The second-order valence-electron chi connectivity index (χ2n) is 6.30. The van der Waals surface area contributed by atoms with Crippen molar-refractivity contribution < 1.29 is 0 Å². The third-order valence-electron chi connectivity index (χ3n) is 4.25. The van der Waals surface area contributed by atoms with Gasteiger partial charge in [-0.3, -0.25) is 9.13 Å². The molecule has 0 aliphatic heterocycles. The van der Waals surface area contributed by atoms with Crippen LogP contribution in [0.3, 0.4) is 0 Å². The average molecular weight is 393 g/mol. The summed E-state index contributed by atoms with van der Waals surface area (Å²) in [6, 6.07) is 4.54. The van der Waals surface area contributed by atoms with Crippen LogP contribution in [0.5, 0.6) is 0 Å². The Labute approximate surface area is 161 Å². The number of hydrogen-bond acceptors (Lipinski definition) is 4. The van der Waals surface area contributed by atoms with Crippen LogP contribution in [0.2, 0.25) is 0 Å². The molecule has 2 heterocycles. The van der Waals surface area contributed by atoms with Crippen molar-refractivity contribution in [3.8, 4) is 11.4 Å². The number of nitrogens with zero attached hydrogens (tertiary/aromatic N) is 2. The molecule has 0 bridgehead atoms. The van der Waals surface area contributed by atoms with Gasteiger partial charge in [0, 0.05) is 22.1 Å². The highest BCUT2D eigenvalue weighted by molar-refractivity contribution is 7.73. The molecule has 0 radical (unpaired) electrons. The summed E-state index contributed by atoms with van der Waals surface area (Å²) in [5.41, 5.74) is 7.16. The monoisotopic (exact) mass is 392 g/mol. The molecule has 0 saturated heterocycles. The number of aryl methyl sites for hydroxylation is 2. The van der Waals surface area contributed by atoms with Gasteiger partial charge in [0.2, 0.25) is 0 Å². The molecule has 3 rings (SSSR count). The lowest BCUT2D eigenvalue weighted by molar-refractivity contribution is 0.851. The lowest BCUT2D eigenvalue weighted by Gasteiger charge is -2.19. The minimum atomic E-state index is 0.435. The van der Waals surface area contributed by atoms with E-state index in [-0.39, 0.29) is 0 Å². The molecule has 2 nitrogen and oxygen atoms in total. The van der Waals surface area contributed by atoms with E-state index >= 15 is 0 Å². The molecule has 0 saturated carbocycles. The van der Waals surface area contributed by atoms with E-state index in [1.807, 2.05) is 0 Å². The molecule has 0 unspecified atom stereocenters. The summed E-state index contributed by atoms with van der Waals surface area (Å²) in [6.45, 7) is 10.8. The maximum atomic E-state index is 5.57. The van der Waals surface area contributed by atoms with Gasteiger partial charge in [0.15, 0.2) is 7.91 Å². The minimum absolute atomic E-state index is 0.435. The van der Waals surface area contributed by atoms with Crippen LogP contribution in [0.15, 0.2) is 22.9 Å². The number of rotatable bonds is 3. The van der Waals surface area contributed by atoms with Gasteiger partial charge in [-0.15, -0.1) is 22.7 Å². The molecule has 2 aromatic heterocycles. The molecular formula is C18H20N2S4. The van der Waals surface area contributed by atoms with Crippen LogP contribution in [0.25, 0.3) is 11.4 Å². The Kier molecular flexibility index (Phi) is 4.93. The first-order chi connectivity index (χ1) is 11.3. The Hall–Kier alpha value is -1.08. The van der Waals surface area contributed by atoms with Gasteiger partial charge in [-0.1, -0.05) is 13.8 Å². The largest absolute Gasteiger partial charge is 0.296 e. The topological polar surface area (TPSA) is 9.86 Å². The van der Waals surface area contributed by atoms with Crippen molar-refractivity contribution in [2.75, 3.05) is 0 Å². The van der Waals surface area contributed by atoms with Crippen molar-refractivity contribution in [2.24, 2.45) is 0 Å². The third-order valence-corrected chi connectivity index (χ3v) is 6.88. The highest BCUT2D eigenvalue weighted by atomic mass is 32.2. The molecule has 3 aromatic rings. The summed E-state index contributed by atoms with van der Waals surface area (Å²) >= 11 is 14.4. The lowest BCUT2D eigenvalue weighted by atomic mass is 9.98. The minimum Gasteiger partial charge on any atom is -0.296 e. The van der Waals surface area contributed by atoms with E-state index in [9.17, 15) is 0 Å². The van der Waals surface area contributed by atoms with Crippen LogP contribution >= 0.6 is 47.1 Å². The third kappa shape index (κ3) is 2.96. The summed E-state index contributed by atoms with van der Waals surface area (Å²) in [5, 5.41) is 4.23. The molecule has 24 heavy (non-hydrogen) atoms. The lowest BCUT2D eigenvalue weighted by Crippen LogP contribution is -2.07. The first kappa shape index (κ1) is 17.7. The van der Waals surface area contributed by atoms with Crippen LogP contribution in [-0.4, -0.2) is 9.13 Å². The SMILES string of the molecule is Cc1c(-n2c(C)csc2=S)cc(C(C)C)cc1-n1c(C)csc1=S. The average Bonchev–Trinajstić information content (AvgIpc) is 3.02. The zero-order valence-corrected chi connectivity index (χ0v) is 17.7. The van der Waals surface area contributed by atoms with Crippen molar-refractivity contribution in [3.05, 3.63) is 53.3 Å². The Morgan fingerprint density at radius 2 is 1.25 bits per heavy atom.